The van der Waals surface area contributed by atoms with Crippen LogP contribution in [-0.2, 0) is 29.3 Å². The lowest BCUT2D eigenvalue weighted by Crippen LogP contribution is -2.38. The minimum atomic E-state index is -3.56. The number of rotatable bonds is 4. The summed E-state index contributed by atoms with van der Waals surface area (Å²) in [5.41, 5.74) is 4.57. The fraction of sp³-hybridized carbons (Fsp3) is 0.455. The smallest absolute Gasteiger partial charge is 0.243 e. The Kier molecular flexibility index (Phi) is 5.10. The first-order valence-electron chi connectivity index (χ1n) is 9.84. The molecule has 28 heavy (non-hydrogen) atoms. The standard InChI is InChI=1S/C22H27NO4S/c1-15-20-14-22(27-3)21(26-2)13-18(20)10-11-23(15)28(24,25)19-9-8-16-6-4-5-7-17(16)12-19/h8-9,12-15H,4-7,10-11H2,1-3H3/t15-/m1/s1. The molecule has 6 heteroatoms. The number of benzene rings is 2. The van der Waals surface area contributed by atoms with E-state index in [0.29, 0.717) is 29.4 Å². The molecule has 0 radical (unpaired) electrons. The Morgan fingerprint density at radius 1 is 0.893 bits per heavy atom. The number of methoxy groups -OCH3 is 2. The molecule has 1 heterocycles. The molecule has 0 unspecified atom stereocenters. The van der Waals surface area contributed by atoms with Crippen molar-refractivity contribution in [3.63, 3.8) is 0 Å². The quantitative estimate of drug-likeness (QED) is 0.780. The molecule has 0 spiro atoms. The maximum Gasteiger partial charge on any atom is 0.243 e. The average molecular weight is 402 g/mol. The van der Waals surface area contributed by atoms with E-state index in [1.807, 2.05) is 31.2 Å². The monoisotopic (exact) mass is 401 g/mol. The van der Waals surface area contributed by atoms with Crippen molar-refractivity contribution in [3.8, 4) is 11.5 Å². The van der Waals surface area contributed by atoms with Crippen molar-refractivity contribution < 1.29 is 17.9 Å². The molecule has 2 aromatic rings. The van der Waals surface area contributed by atoms with Crippen molar-refractivity contribution in [1.29, 1.82) is 0 Å². The van der Waals surface area contributed by atoms with Crippen LogP contribution in [0.2, 0.25) is 0 Å². The van der Waals surface area contributed by atoms with E-state index in [1.165, 1.54) is 17.5 Å². The minimum Gasteiger partial charge on any atom is -0.493 e. The van der Waals surface area contributed by atoms with Crippen molar-refractivity contribution in [2.24, 2.45) is 0 Å². The molecule has 0 fully saturated rings. The first-order chi connectivity index (χ1) is 13.5. The third-order valence-corrected chi connectivity index (χ3v) is 8.02. The van der Waals surface area contributed by atoms with E-state index in [9.17, 15) is 8.42 Å². The van der Waals surface area contributed by atoms with Crippen LogP contribution >= 0.6 is 0 Å². The zero-order valence-electron chi connectivity index (χ0n) is 16.7. The lowest BCUT2D eigenvalue weighted by Gasteiger charge is -2.35. The fourth-order valence-corrected chi connectivity index (χ4v) is 6.12. The summed E-state index contributed by atoms with van der Waals surface area (Å²) in [6.45, 7) is 2.41. The molecule has 150 valence electrons. The van der Waals surface area contributed by atoms with Gasteiger partial charge in [0.05, 0.1) is 19.1 Å². The molecule has 5 nitrogen and oxygen atoms in total. The van der Waals surface area contributed by atoms with Crippen LogP contribution in [0.5, 0.6) is 11.5 Å². The van der Waals surface area contributed by atoms with E-state index in [4.69, 9.17) is 9.47 Å². The van der Waals surface area contributed by atoms with Crippen molar-refractivity contribution in [2.75, 3.05) is 20.8 Å². The lowest BCUT2D eigenvalue weighted by molar-refractivity contribution is 0.319. The van der Waals surface area contributed by atoms with Crippen LogP contribution in [0.3, 0.4) is 0 Å². The first kappa shape index (κ1) is 19.3. The van der Waals surface area contributed by atoms with Crippen molar-refractivity contribution in [2.45, 2.75) is 50.0 Å². The largest absolute Gasteiger partial charge is 0.493 e. The number of nitrogens with zero attached hydrogens (tertiary/aromatic N) is 1. The maximum atomic E-state index is 13.4. The first-order valence-corrected chi connectivity index (χ1v) is 11.3. The molecule has 1 aliphatic carbocycles. The Hall–Kier alpha value is -2.05. The van der Waals surface area contributed by atoms with Gasteiger partial charge in [-0.25, -0.2) is 8.42 Å². The second-order valence-corrected chi connectivity index (χ2v) is 9.48. The Balaban J connectivity index is 1.70. The summed E-state index contributed by atoms with van der Waals surface area (Å²) in [7, 11) is -0.350. The molecule has 0 N–H and O–H groups in total. The molecule has 4 rings (SSSR count). The van der Waals surface area contributed by atoms with Crippen LogP contribution in [-0.4, -0.2) is 33.5 Å². The van der Waals surface area contributed by atoms with E-state index in [-0.39, 0.29) is 6.04 Å². The van der Waals surface area contributed by atoms with Gasteiger partial charge < -0.3 is 9.47 Å². The molecule has 0 saturated carbocycles. The second-order valence-electron chi connectivity index (χ2n) is 7.59. The third kappa shape index (κ3) is 3.18. The van der Waals surface area contributed by atoms with Gasteiger partial charge in [-0.1, -0.05) is 6.07 Å². The Bertz CT molecular complexity index is 1000. The molecule has 1 aliphatic heterocycles. The number of hydrogen-bond donors (Lipinski definition) is 0. The van der Waals surface area contributed by atoms with Gasteiger partial charge in [-0.2, -0.15) is 4.31 Å². The van der Waals surface area contributed by atoms with Crippen LogP contribution < -0.4 is 9.47 Å². The molecule has 2 aromatic carbocycles. The highest BCUT2D eigenvalue weighted by Gasteiger charge is 2.35. The summed E-state index contributed by atoms with van der Waals surface area (Å²) >= 11 is 0. The van der Waals surface area contributed by atoms with Crippen LogP contribution in [0.4, 0.5) is 0 Å². The Morgan fingerprint density at radius 3 is 2.29 bits per heavy atom. The lowest BCUT2D eigenvalue weighted by atomic mass is 9.92. The number of sulfonamides is 1. The number of aryl methyl sites for hydroxylation is 2. The summed E-state index contributed by atoms with van der Waals surface area (Å²) in [5, 5.41) is 0. The normalized spacial score (nSPS) is 19.6. The van der Waals surface area contributed by atoms with Gasteiger partial charge >= 0.3 is 0 Å². The average Bonchev–Trinajstić information content (AvgIpc) is 2.72. The Labute approximate surface area is 167 Å². The van der Waals surface area contributed by atoms with Gasteiger partial charge in [0.25, 0.3) is 0 Å². The molecular weight excluding hydrogens is 374 g/mol. The number of ether oxygens (including phenoxy) is 2. The van der Waals surface area contributed by atoms with Gasteiger partial charge in [0.15, 0.2) is 11.5 Å². The predicted octanol–water partition coefficient (Wildman–Crippen LogP) is 3.89. The molecule has 0 bridgehead atoms. The predicted molar refractivity (Wildman–Crippen MR) is 109 cm³/mol. The van der Waals surface area contributed by atoms with Crippen molar-refractivity contribution in [1.82, 2.24) is 4.31 Å². The molecular formula is C22H27NO4S. The van der Waals surface area contributed by atoms with Gasteiger partial charge in [0, 0.05) is 12.6 Å². The van der Waals surface area contributed by atoms with Crippen molar-refractivity contribution in [3.05, 3.63) is 52.6 Å². The minimum absolute atomic E-state index is 0.260. The summed E-state index contributed by atoms with van der Waals surface area (Å²) in [5.74, 6) is 1.31. The van der Waals surface area contributed by atoms with Gasteiger partial charge in [0.2, 0.25) is 10.0 Å². The maximum absolute atomic E-state index is 13.4. The summed E-state index contributed by atoms with van der Waals surface area (Å²) in [4.78, 5) is 0.406. The number of fused-ring (bicyclic) bond motifs is 2. The van der Waals surface area contributed by atoms with Crippen LogP contribution in [0, 0.1) is 0 Å². The van der Waals surface area contributed by atoms with Gasteiger partial charge in [-0.3, -0.25) is 0 Å². The summed E-state index contributed by atoms with van der Waals surface area (Å²) < 4.78 is 39.3. The van der Waals surface area contributed by atoms with E-state index >= 15 is 0 Å². The Morgan fingerprint density at radius 2 is 1.57 bits per heavy atom. The van der Waals surface area contributed by atoms with Crippen LogP contribution in [0.1, 0.15) is 48.1 Å². The molecule has 2 aliphatic rings. The zero-order valence-corrected chi connectivity index (χ0v) is 17.5. The van der Waals surface area contributed by atoms with E-state index in [2.05, 4.69) is 0 Å². The third-order valence-electron chi connectivity index (χ3n) is 6.06. The molecule has 1 atom stereocenters. The number of hydrogen-bond acceptors (Lipinski definition) is 4. The van der Waals surface area contributed by atoms with Gasteiger partial charge in [-0.15, -0.1) is 0 Å². The van der Waals surface area contributed by atoms with Gasteiger partial charge in [-0.05, 0) is 85.5 Å². The highest BCUT2D eigenvalue weighted by atomic mass is 32.2. The van der Waals surface area contributed by atoms with E-state index < -0.39 is 10.0 Å². The molecule has 0 aromatic heterocycles. The molecule has 0 saturated heterocycles. The summed E-state index contributed by atoms with van der Waals surface area (Å²) in [6, 6.07) is 9.28. The van der Waals surface area contributed by atoms with Crippen LogP contribution in [0.15, 0.2) is 35.2 Å². The second kappa shape index (κ2) is 7.41. The van der Waals surface area contributed by atoms with Gasteiger partial charge in [0.1, 0.15) is 0 Å². The van der Waals surface area contributed by atoms with E-state index in [0.717, 1.165) is 30.4 Å². The summed E-state index contributed by atoms with van der Waals surface area (Å²) in [6.07, 6.45) is 4.99. The van der Waals surface area contributed by atoms with Crippen molar-refractivity contribution >= 4 is 10.0 Å². The zero-order chi connectivity index (χ0) is 19.9. The van der Waals surface area contributed by atoms with Crippen LogP contribution in [0.25, 0.3) is 0 Å². The fourth-order valence-electron chi connectivity index (χ4n) is 4.46. The highest BCUT2D eigenvalue weighted by Crippen LogP contribution is 2.40. The van der Waals surface area contributed by atoms with E-state index in [1.54, 1.807) is 24.6 Å². The highest BCUT2D eigenvalue weighted by molar-refractivity contribution is 7.89. The molecule has 0 amide bonds. The SMILES string of the molecule is COc1cc2c(cc1OC)[C@@H](C)N(S(=O)(=O)c1ccc3c(c1)CCCC3)CC2. The topological polar surface area (TPSA) is 55.8 Å².